The number of halogens is 2. The second kappa shape index (κ2) is 4.34. The van der Waals surface area contributed by atoms with Crippen molar-refractivity contribution in [1.29, 1.82) is 0 Å². The standard InChI is InChI=1S/C11H19F2NO/c1-14(10-3-5-15-8-10)7-9-2-4-11(12,13)6-9/h9-10H,2-8H2,1H3/t9-,10+/m0/s1. The van der Waals surface area contributed by atoms with Crippen LogP contribution in [0.3, 0.4) is 0 Å². The van der Waals surface area contributed by atoms with Gasteiger partial charge < -0.3 is 9.64 Å². The molecule has 88 valence electrons. The van der Waals surface area contributed by atoms with E-state index in [1.807, 2.05) is 7.05 Å². The first-order valence-electron chi connectivity index (χ1n) is 5.73. The van der Waals surface area contributed by atoms with Crippen LogP contribution in [0.4, 0.5) is 8.78 Å². The Morgan fingerprint density at radius 2 is 2.20 bits per heavy atom. The molecule has 2 fully saturated rings. The van der Waals surface area contributed by atoms with Crippen molar-refractivity contribution in [2.75, 3.05) is 26.8 Å². The van der Waals surface area contributed by atoms with E-state index in [9.17, 15) is 8.78 Å². The average Bonchev–Trinajstić information content (AvgIpc) is 2.74. The summed E-state index contributed by atoms with van der Waals surface area (Å²) >= 11 is 0. The maximum absolute atomic E-state index is 13.0. The fourth-order valence-electron chi connectivity index (χ4n) is 2.62. The molecule has 2 rings (SSSR count). The molecular formula is C11H19F2NO. The molecule has 0 unspecified atom stereocenters. The molecule has 0 radical (unpaired) electrons. The number of ether oxygens (including phenoxy) is 1. The Balaban J connectivity index is 1.77. The number of rotatable bonds is 3. The maximum atomic E-state index is 13.0. The minimum Gasteiger partial charge on any atom is -0.380 e. The molecular weight excluding hydrogens is 200 g/mol. The Kier molecular flexibility index (Phi) is 3.26. The summed E-state index contributed by atoms with van der Waals surface area (Å²) in [6, 6.07) is 0.444. The minimum absolute atomic E-state index is 0.0743. The summed E-state index contributed by atoms with van der Waals surface area (Å²) in [6.07, 6.45) is 1.86. The maximum Gasteiger partial charge on any atom is 0.248 e. The molecule has 0 bridgehead atoms. The molecule has 1 aliphatic heterocycles. The number of hydrogen-bond acceptors (Lipinski definition) is 2. The van der Waals surface area contributed by atoms with Gasteiger partial charge in [0.15, 0.2) is 0 Å². The minimum atomic E-state index is -2.41. The predicted octanol–water partition coefficient (Wildman–Crippen LogP) is 2.14. The highest BCUT2D eigenvalue weighted by Gasteiger charge is 2.40. The lowest BCUT2D eigenvalue weighted by Crippen LogP contribution is -2.35. The molecule has 1 heterocycles. The molecule has 1 aliphatic carbocycles. The first-order valence-corrected chi connectivity index (χ1v) is 5.73. The summed E-state index contributed by atoms with van der Waals surface area (Å²) in [4.78, 5) is 2.19. The zero-order valence-corrected chi connectivity index (χ0v) is 9.22. The zero-order chi connectivity index (χ0) is 10.9. The molecule has 2 aliphatic rings. The van der Waals surface area contributed by atoms with Crippen LogP contribution in [0.25, 0.3) is 0 Å². The van der Waals surface area contributed by atoms with Gasteiger partial charge in [0, 0.05) is 32.0 Å². The molecule has 1 saturated carbocycles. The van der Waals surface area contributed by atoms with E-state index in [1.54, 1.807) is 0 Å². The Morgan fingerprint density at radius 1 is 1.40 bits per heavy atom. The van der Waals surface area contributed by atoms with Crippen LogP contribution in [0.5, 0.6) is 0 Å². The summed E-state index contributed by atoms with van der Waals surface area (Å²) in [7, 11) is 2.02. The third-order valence-electron chi connectivity index (χ3n) is 3.58. The van der Waals surface area contributed by atoms with E-state index < -0.39 is 5.92 Å². The molecule has 2 nitrogen and oxygen atoms in total. The summed E-state index contributed by atoms with van der Waals surface area (Å²) in [6.45, 7) is 2.37. The van der Waals surface area contributed by atoms with Gasteiger partial charge in [0.25, 0.3) is 0 Å². The van der Waals surface area contributed by atoms with E-state index in [4.69, 9.17) is 4.74 Å². The van der Waals surface area contributed by atoms with E-state index in [2.05, 4.69) is 4.90 Å². The fourth-order valence-corrected chi connectivity index (χ4v) is 2.62. The second-order valence-corrected chi connectivity index (χ2v) is 4.92. The van der Waals surface area contributed by atoms with Gasteiger partial charge in [-0.25, -0.2) is 8.78 Å². The van der Waals surface area contributed by atoms with Crippen molar-refractivity contribution in [3.8, 4) is 0 Å². The third kappa shape index (κ3) is 2.88. The van der Waals surface area contributed by atoms with Crippen molar-refractivity contribution in [2.45, 2.75) is 37.6 Å². The molecule has 0 amide bonds. The molecule has 2 atom stereocenters. The summed E-state index contributed by atoms with van der Waals surface area (Å²) in [5, 5.41) is 0. The van der Waals surface area contributed by atoms with Crippen LogP contribution in [0.1, 0.15) is 25.7 Å². The van der Waals surface area contributed by atoms with Crippen molar-refractivity contribution < 1.29 is 13.5 Å². The number of nitrogens with zero attached hydrogens (tertiary/aromatic N) is 1. The van der Waals surface area contributed by atoms with Gasteiger partial charge in [0.05, 0.1) is 6.61 Å². The van der Waals surface area contributed by atoms with Crippen molar-refractivity contribution in [3.63, 3.8) is 0 Å². The highest BCUT2D eigenvalue weighted by molar-refractivity contribution is 4.84. The highest BCUT2D eigenvalue weighted by atomic mass is 19.3. The van der Waals surface area contributed by atoms with Crippen molar-refractivity contribution in [3.05, 3.63) is 0 Å². The van der Waals surface area contributed by atoms with Crippen LogP contribution in [0, 0.1) is 5.92 Å². The molecule has 0 spiro atoms. The van der Waals surface area contributed by atoms with Crippen molar-refractivity contribution in [2.24, 2.45) is 5.92 Å². The molecule has 0 aromatic carbocycles. The summed E-state index contributed by atoms with van der Waals surface area (Å²) < 4.78 is 31.3. The predicted molar refractivity (Wildman–Crippen MR) is 54.1 cm³/mol. The number of likely N-dealkylation sites (N-methyl/N-ethyl adjacent to an activating group) is 1. The van der Waals surface area contributed by atoms with Gasteiger partial charge in [0.2, 0.25) is 5.92 Å². The Hall–Kier alpha value is -0.220. The number of hydrogen-bond donors (Lipinski definition) is 0. The van der Waals surface area contributed by atoms with Gasteiger partial charge >= 0.3 is 0 Å². The molecule has 0 aromatic heterocycles. The van der Waals surface area contributed by atoms with Crippen molar-refractivity contribution in [1.82, 2.24) is 4.90 Å². The van der Waals surface area contributed by atoms with E-state index in [0.29, 0.717) is 12.5 Å². The van der Waals surface area contributed by atoms with Gasteiger partial charge in [-0.05, 0) is 25.8 Å². The van der Waals surface area contributed by atoms with E-state index in [1.165, 1.54) is 0 Å². The third-order valence-corrected chi connectivity index (χ3v) is 3.58. The molecule has 0 aromatic rings. The van der Waals surface area contributed by atoms with Crippen LogP contribution < -0.4 is 0 Å². The molecule has 15 heavy (non-hydrogen) atoms. The van der Waals surface area contributed by atoms with Crippen LogP contribution in [0.2, 0.25) is 0 Å². The lowest BCUT2D eigenvalue weighted by molar-refractivity contribution is 0.00315. The number of alkyl halides is 2. The Bertz CT molecular complexity index is 217. The van der Waals surface area contributed by atoms with Gasteiger partial charge in [-0.1, -0.05) is 0 Å². The molecule has 0 N–H and O–H groups in total. The summed E-state index contributed by atoms with van der Waals surface area (Å²) in [5.74, 6) is -2.23. The quantitative estimate of drug-likeness (QED) is 0.721. The first-order chi connectivity index (χ1) is 7.07. The lowest BCUT2D eigenvalue weighted by Gasteiger charge is -2.25. The van der Waals surface area contributed by atoms with E-state index in [-0.39, 0.29) is 18.8 Å². The second-order valence-electron chi connectivity index (χ2n) is 4.92. The van der Waals surface area contributed by atoms with Gasteiger partial charge in [0.1, 0.15) is 0 Å². The van der Waals surface area contributed by atoms with Crippen LogP contribution in [0.15, 0.2) is 0 Å². The SMILES string of the molecule is CN(C[C@H]1CCC(F)(F)C1)[C@@H]1CCOC1. The first kappa shape index (κ1) is 11.3. The molecule has 1 saturated heterocycles. The Labute approximate surface area is 89.6 Å². The topological polar surface area (TPSA) is 12.5 Å². The van der Waals surface area contributed by atoms with Crippen LogP contribution in [-0.2, 0) is 4.74 Å². The van der Waals surface area contributed by atoms with Crippen LogP contribution >= 0.6 is 0 Å². The zero-order valence-electron chi connectivity index (χ0n) is 9.22. The lowest BCUT2D eigenvalue weighted by atomic mass is 10.1. The Morgan fingerprint density at radius 3 is 2.73 bits per heavy atom. The average molecular weight is 219 g/mol. The van der Waals surface area contributed by atoms with Crippen molar-refractivity contribution >= 4 is 0 Å². The van der Waals surface area contributed by atoms with Crippen LogP contribution in [-0.4, -0.2) is 43.7 Å². The van der Waals surface area contributed by atoms with Gasteiger partial charge in [-0.15, -0.1) is 0 Å². The van der Waals surface area contributed by atoms with E-state index >= 15 is 0 Å². The normalized spacial score (nSPS) is 35.2. The molecule has 4 heteroatoms. The highest BCUT2D eigenvalue weighted by Crippen LogP contribution is 2.39. The van der Waals surface area contributed by atoms with Gasteiger partial charge in [-0.3, -0.25) is 0 Å². The largest absolute Gasteiger partial charge is 0.380 e. The summed E-state index contributed by atoms with van der Waals surface area (Å²) in [5.41, 5.74) is 0. The van der Waals surface area contributed by atoms with E-state index in [0.717, 1.165) is 26.2 Å². The monoisotopic (exact) mass is 219 g/mol. The van der Waals surface area contributed by atoms with Gasteiger partial charge in [-0.2, -0.15) is 0 Å². The smallest absolute Gasteiger partial charge is 0.248 e. The fraction of sp³-hybridized carbons (Fsp3) is 1.00.